The molecule has 28 heavy (non-hydrogen) atoms. The summed E-state index contributed by atoms with van der Waals surface area (Å²) in [5.41, 5.74) is 11.5. The van der Waals surface area contributed by atoms with Crippen LogP contribution in [-0.2, 0) is 26.6 Å². The number of hydrogen-bond donors (Lipinski definition) is 2. The summed E-state index contributed by atoms with van der Waals surface area (Å²) in [7, 11) is -4.97. The molecule has 2 unspecified atom stereocenters. The van der Waals surface area contributed by atoms with Crippen LogP contribution in [0, 0.1) is 0 Å². The van der Waals surface area contributed by atoms with Gasteiger partial charge in [-0.1, -0.05) is 0 Å². The average Bonchev–Trinajstić information content (AvgIpc) is 2.55. The zero-order valence-corrected chi connectivity index (χ0v) is 21.4. The predicted octanol–water partition coefficient (Wildman–Crippen LogP) is 2.76. The lowest BCUT2D eigenvalue weighted by Gasteiger charge is -2.29. The summed E-state index contributed by atoms with van der Waals surface area (Å²) < 4.78 is 33.8. The van der Waals surface area contributed by atoms with Gasteiger partial charge in [0, 0.05) is 63.8 Å². The minimum atomic E-state index is -2.48. The van der Waals surface area contributed by atoms with Crippen LogP contribution in [0.5, 0.6) is 0 Å². The fourth-order valence-corrected chi connectivity index (χ4v) is 8.14. The summed E-state index contributed by atoms with van der Waals surface area (Å²) in [5, 5.41) is 0. The van der Waals surface area contributed by atoms with E-state index in [4.69, 9.17) is 38.0 Å². The molecule has 0 spiro atoms. The Kier molecular flexibility index (Phi) is 19.4. The minimum Gasteiger partial charge on any atom is -0.374 e. The van der Waals surface area contributed by atoms with E-state index in [2.05, 4.69) is 0 Å². The lowest BCUT2D eigenvalue weighted by Crippen LogP contribution is -2.49. The van der Waals surface area contributed by atoms with Gasteiger partial charge in [-0.2, -0.15) is 0 Å². The van der Waals surface area contributed by atoms with Crippen molar-refractivity contribution in [2.45, 2.75) is 79.6 Å². The van der Waals surface area contributed by atoms with Crippen molar-refractivity contribution in [3.8, 4) is 0 Å². The van der Waals surface area contributed by atoms with Gasteiger partial charge in [0.2, 0.25) is 0 Å². The van der Waals surface area contributed by atoms with Gasteiger partial charge in [-0.15, -0.1) is 0 Å². The average molecular weight is 443 g/mol. The van der Waals surface area contributed by atoms with E-state index < -0.39 is 17.6 Å². The monoisotopic (exact) mass is 442 g/mol. The van der Waals surface area contributed by atoms with E-state index in [0.717, 1.165) is 0 Å². The molecule has 0 radical (unpaired) electrons. The highest BCUT2D eigenvalue weighted by Crippen LogP contribution is 2.18. The highest BCUT2D eigenvalue weighted by atomic mass is 28.4. The van der Waals surface area contributed by atoms with Gasteiger partial charge in [0.25, 0.3) is 0 Å². The van der Waals surface area contributed by atoms with Crippen molar-refractivity contribution >= 4 is 17.6 Å². The van der Waals surface area contributed by atoms with Gasteiger partial charge in [0.15, 0.2) is 0 Å². The van der Waals surface area contributed by atoms with Gasteiger partial charge in [0.05, 0.1) is 0 Å². The molecule has 0 saturated heterocycles. The van der Waals surface area contributed by atoms with E-state index in [1.54, 1.807) is 0 Å². The number of hydrogen-bond acceptors (Lipinski definition) is 8. The normalized spacial score (nSPS) is 14.4. The molecule has 0 rings (SSSR count). The van der Waals surface area contributed by atoms with Crippen LogP contribution in [0.3, 0.4) is 0 Å². The van der Waals surface area contributed by atoms with E-state index >= 15 is 0 Å². The van der Waals surface area contributed by atoms with Crippen LogP contribution in [0.4, 0.5) is 0 Å². The first-order valence-corrected chi connectivity index (χ1v) is 14.4. The Hall–Kier alpha value is 0.114. The van der Waals surface area contributed by atoms with Crippen LogP contribution in [0.1, 0.15) is 55.4 Å². The molecule has 172 valence electrons. The summed E-state index contributed by atoms with van der Waals surface area (Å²) in [6, 6.07) is 1.46. The SMILES string of the molecule is CCO[Si](CC(C)N)(OCC)OCC.CCO[Si](CC(C)N)(OCC)OCC. The minimum absolute atomic E-state index is 0.0475. The number of nitrogens with two attached hydrogens (primary N) is 2. The van der Waals surface area contributed by atoms with Crippen molar-refractivity contribution in [1.29, 1.82) is 0 Å². The third kappa shape index (κ3) is 14.2. The van der Waals surface area contributed by atoms with Crippen molar-refractivity contribution in [3.63, 3.8) is 0 Å². The summed E-state index contributed by atoms with van der Waals surface area (Å²) in [4.78, 5) is 0. The fraction of sp³-hybridized carbons (Fsp3) is 1.00. The third-order valence-corrected chi connectivity index (χ3v) is 9.99. The Morgan fingerprint density at radius 2 is 0.679 bits per heavy atom. The molecule has 0 aromatic heterocycles. The first kappa shape index (κ1) is 30.3. The molecule has 0 heterocycles. The maximum absolute atomic E-state index is 5.76. The maximum Gasteiger partial charge on any atom is 0.502 e. The van der Waals surface area contributed by atoms with Crippen molar-refractivity contribution in [1.82, 2.24) is 0 Å². The Bertz CT molecular complexity index is 286. The lowest BCUT2D eigenvalue weighted by molar-refractivity contribution is 0.0692. The Morgan fingerprint density at radius 3 is 0.786 bits per heavy atom. The zero-order valence-electron chi connectivity index (χ0n) is 19.4. The van der Waals surface area contributed by atoms with E-state index in [-0.39, 0.29) is 12.1 Å². The third-order valence-electron chi connectivity index (χ3n) is 3.33. The van der Waals surface area contributed by atoms with E-state index in [0.29, 0.717) is 51.7 Å². The highest BCUT2D eigenvalue weighted by Gasteiger charge is 2.41. The summed E-state index contributed by atoms with van der Waals surface area (Å²) in [6.07, 6.45) is 0. The van der Waals surface area contributed by atoms with E-state index in [1.165, 1.54) is 0 Å². The van der Waals surface area contributed by atoms with Crippen LogP contribution in [0.2, 0.25) is 12.1 Å². The first-order chi connectivity index (χ1) is 13.2. The van der Waals surface area contributed by atoms with E-state index in [1.807, 2.05) is 55.4 Å². The van der Waals surface area contributed by atoms with Gasteiger partial charge < -0.3 is 38.0 Å². The Morgan fingerprint density at radius 1 is 0.500 bits per heavy atom. The predicted molar refractivity (Wildman–Crippen MR) is 118 cm³/mol. The van der Waals surface area contributed by atoms with Crippen LogP contribution in [-0.4, -0.2) is 69.3 Å². The van der Waals surface area contributed by atoms with Crippen molar-refractivity contribution in [3.05, 3.63) is 0 Å². The lowest BCUT2D eigenvalue weighted by atomic mass is 10.4. The van der Waals surface area contributed by atoms with Gasteiger partial charge in [-0.3, -0.25) is 0 Å². The summed E-state index contributed by atoms with van der Waals surface area (Å²) in [5.74, 6) is 0. The molecule has 10 heteroatoms. The standard InChI is InChI=1S/2C9H23NO3Si/c2*1-5-11-14(12-6-2,13-7-3)8-9(4)10/h2*9H,5-8,10H2,1-4H3. The topological polar surface area (TPSA) is 107 Å². The Balaban J connectivity index is 0. The molecule has 0 fully saturated rings. The maximum atomic E-state index is 5.76. The van der Waals surface area contributed by atoms with Crippen molar-refractivity contribution in [2.24, 2.45) is 11.5 Å². The second-order valence-electron chi connectivity index (χ2n) is 6.33. The molecule has 0 aliphatic carbocycles. The van der Waals surface area contributed by atoms with Gasteiger partial charge in [0.1, 0.15) is 0 Å². The molecule has 0 aromatic rings. The smallest absolute Gasteiger partial charge is 0.374 e. The van der Waals surface area contributed by atoms with Gasteiger partial charge in [-0.25, -0.2) is 0 Å². The van der Waals surface area contributed by atoms with Crippen LogP contribution in [0.25, 0.3) is 0 Å². The molecular formula is C18H46N2O6Si2. The molecular weight excluding hydrogens is 396 g/mol. The molecule has 0 aliphatic rings. The molecule has 4 N–H and O–H groups in total. The second kappa shape index (κ2) is 17.9. The molecule has 8 nitrogen and oxygen atoms in total. The molecule has 2 atom stereocenters. The van der Waals surface area contributed by atoms with Gasteiger partial charge >= 0.3 is 17.6 Å². The molecule has 0 bridgehead atoms. The molecule has 0 amide bonds. The Labute approximate surface area is 175 Å². The molecule has 0 aliphatic heterocycles. The fourth-order valence-electron chi connectivity index (χ4n) is 2.71. The summed E-state index contributed by atoms with van der Waals surface area (Å²) >= 11 is 0. The van der Waals surface area contributed by atoms with Crippen molar-refractivity contribution in [2.75, 3.05) is 39.6 Å². The number of rotatable bonds is 16. The van der Waals surface area contributed by atoms with Gasteiger partial charge in [-0.05, 0) is 55.4 Å². The van der Waals surface area contributed by atoms with Crippen LogP contribution < -0.4 is 11.5 Å². The zero-order chi connectivity index (χ0) is 22.1. The largest absolute Gasteiger partial charge is 0.502 e. The second-order valence-corrected chi connectivity index (χ2v) is 11.6. The van der Waals surface area contributed by atoms with Crippen LogP contribution >= 0.6 is 0 Å². The summed E-state index contributed by atoms with van der Waals surface area (Å²) in [6.45, 7) is 19.2. The van der Waals surface area contributed by atoms with E-state index in [9.17, 15) is 0 Å². The van der Waals surface area contributed by atoms with Crippen LogP contribution in [0.15, 0.2) is 0 Å². The highest BCUT2D eigenvalue weighted by molar-refractivity contribution is 6.61. The first-order valence-electron chi connectivity index (χ1n) is 10.5. The molecule has 0 aromatic carbocycles. The van der Waals surface area contributed by atoms with Crippen molar-refractivity contribution < 1.29 is 26.6 Å². The molecule has 0 saturated carbocycles. The quantitative estimate of drug-likeness (QED) is 0.351.